The molecule has 1 aromatic carbocycles. The molecule has 98 valence electrons. The number of benzene rings is 1. The van der Waals surface area contributed by atoms with Gasteiger partial charge >= 0.3 is 5.97 Å². The van der Waals surface area contributed by atoms with Gasteiger partial charge in [0, 0.05) is 8.95 Å². The maximum atomic E-state index is 11.4. The first kappa shape index (κ1) is 17.4. The second-order valence-corrected chi connectivity index (χ2v) is 10.9. The number of carbonyl (C=O) groups is 1. The van der Waals surface area contributed by atoms with Gasteiger partial charge in [-0.25, -0.2) is 4.79 Å². The number of alkyl halides is 2. The quantitative estimate of drug-likeness (QED) is 0.316. The van der Waals surface area contributed by atoms with E-state index in [4.69, 9.17) is 0 Å². The third-order valence-electron chi connectivity index (χ3n) is 2.01. The number of aliphatic carboxylic acids is 1. The van der Waals surface area contributed by atoms with Crippen LogP contribution in [-0.4, -0.2) is 11.1 Å². The maximum absolute atomic E-state index is 11.4. The van der Waals surface area contributed by atoms with Crippen LogP contribution in [0.5, 0.6) is 0 Å². The van der Waals surface area contributed by atoms with Gasteiger partial charge < -0.3 is 5.11 Å². The summed E-state index contributed by atoms with van der Waals surface area (Å²) in [5.74, 6) is -1.06. The Morgan fingerprint density at radius 1 is 1.17 bits per heavy atom. The van der Waals surface area contributed by atoms with E-state index in [1.807, 2.05) is 18.2 Å². The van der Waals surface area contributed by atoms with Crippen molar-refractivity contribution in [2.24, 2.45) is 0 Å². The summed E-state index contributed by atoms with van der Waals surface area (Å²) in [7, 11) is 0. The summed E-state index contributed by atoms with van der Waals surface area (Å²) < 4.78 is 0.914. The van der Waals surface area contributed by atoms with Crippen LogP contribution in [0.1, 0.15) is 5.56 Å². The second kappa shape index (κ2) is 6.85. The first-order valence-electron chi connectivity index (χ1n) is 4.31. The molecule has 0 aliphatic carbocycles. The molecule has 0 aromatic heterocycles. The lowest BCUT2D eigenvalue weighted by Gasteiger charge is -2.24. The van der Waals surface area contributed by atoms with Gasteiger partial charge in [0.15, 0.2) is 0 Å². The molecule has 2 nitrogen and oxygen atoms in total. The normalized spacial score (nSPS) is 11.2. The zero-order valence-corrected chi connectivity index (χ0v) is 17.9. The maximum Gasteiger partial charge on any atom is 0.335 e. The highest BCUT2D eigenvalue weighted by Gasteiger charge is 2.38. The van der Waals surface area contributed by atoms with Gasteiger partial charge in [0.05, 0.1) is 8.96 Å². The number of hydrogen-bond donors (Lipinski definition) is 1. The van der Waals surface area contributed by atoms with Crippen molar-refractivity contribution in [3.63, 3.8) is 0 Å². The Morgan fingerprint density at radius 3 is 2.17 bits per heavy atom. The molecule has 0 aliphatic heterocycles. The van der Waals surface area contributed by atoms with Crippen molar-refractivity contribution in [2.45, 2.75) is 3.23 Å². The van der Waals surface area contributed by atoms with E-state index in [0.29, 0.717) is 3.39 Å². The minimum atomic E-state index is -1.06. The van der Waals surface area contributed by atoms with E-state index < -0.39 is 9.20 Å². The predicted molar refractivity (Wildman–Crippen MR) is 93.9 cm³/mol. The van der Waals surface area contributed by atoms with E-state index in [0.717, 1.165) is 14.5 Å². The van der Waals surface area contributed by atoms with Crippen molar-refractivity contribution in [1.29, 1.82) is 0 Å². The molecular formula is C10H4Br6O2. The second-order valence-electron chi connectivity index (χ2n) is 3.12. The lowest BCUT2D eigenvalue weighted by molar-refractivity contribution is -0.132. The Bertz CT molecular complexity index is 519. The summed E-state index contributed by atoms with van der Waals surface area (Å²) in [6, 6.07) is 5.49. The third kappa shape index (κ3) is 3.69. The molecule has 1 aromatic rings. The van der Waals surface area contributed by atoms with Crippen molar-refractivity contribution >= 4 is 102 Å². The average Bonchev–Trinajstić information content (AvgIpc) is 2.19. The van der Waals surface area contributed by atoms with Crippen molar-refractivity contribution in [2.75, 3.05) is 0 Å². The lowest BCUT2D eigenvalue weighted by atomic mass is 10.1. The van der Waals surface area contributed by atoms with E-state index >= 15 is 0 Å². The average molecular weight is 636 g/mol. The smallest absolute Gasteiger partial charge is 0.335 e. The number of carboxylic acid groups (broad SMARTS) is 1. The molecule has 0 saturated heterocycles. The molecule has 1 N–H and O–H groups in total. The summed E-state index contributed by atoms with van der Waals surface area (Å²) in [6.45, 7) is 0. The van der Waals surface area contributed by atoms with Gasteiger partial charge in [0.2, 0.25) is 0 Å². The SMILES string of the molecule is O=C(O)C(=C(Br)Br)C(Br)(Br)c1cccc(Br)c1Br. The highest BCUT2D eigenvalue weighted by Crippen LogP contribution is 2.51. The van der Waals surface area contributed by atoms with Gasteiger partial charge in [0.25, 0.3) is 0 Å². The van der Waals surface area contributed by atoms with Crippen LogP contribution >= 0.6 is 95.6 Å². The summed E-state index contributed by atoms with van der Waals surface area (Å²) in [4.78, 5) is 11.4. The van der Waals surface area contributed by atoms with E-state index in [2.05, 4.69) is 95.6 Å². The van der Waals surface area contributed by atoms with Crippen LogP contribution in [0.2, 0.25) is 0 Å². The van der Waals surface area contributed by atoms with Crippen LogP contribution in [-0.2, 0) is 8.03 Å². The number of rotatable bonds is 3. The fourth-order valence-corrected chi connectivity index (χ4v) is 6.07. The molecule has 0 saturated carbocycles. The lowest BCUT2D eigenvalue weighted by Crippen LogP contribution is -2.20. The molecule has 1 rings (SSSR count). The third-order valence-corrected chi connectivity index (χ3v) is 6.49. The van der Waals surface area contributed by atoms with Crippen molar-refractivity contribution in [3.05, 3.63) is 41.7 Å². The van der Waals surface area contributed by atoms with Crippen LogP contribution in [0.3, 0.4) is 0 Å². The molecule has 0 unspecified atom stereocenters. The Labute approximate surface area is 154 Å². The molecule has 0 bridgehead atoms. The Kier molecular flexibility index (Phi) is 6.60. The minimum absolute atomic E-state index is 0.0984. The van der Waals surface area contributed by atoms with E-state index in [-0.39, 0.29) is 5.57 Å². The zero-order chi connectivity index (χ0) is 14.1. The summed E-state index contributed by atoms with van der Waals surface area (Å²) in [6.07, 6.45) is 0. The number of hydrogen-bond acceptors (Lipinski definition) is 1. The van der Waals surface area contributed by atoms with E-state index in [1.165, 1.54) is 0 Å². The van der Waals surface area contributed by atoms with Crippen molar-refractivity contribution < 1.29 is 9.90 Å². The highest BCUT2D eigenvalue weighted by molar-refractivity contribution is 9.28. The minimum Gasteiger partial charge on any atom is -0.478 e. The van der Waals surface area contributed by atoms with E-state index in [1.54, 1.807) is 0 Å². The number of halogens is 6. The topological polar surface area (TPSA) is 37.3 Å². The molecule has 0 fully saturated rings. The Morgan fingerprint density at radius 2 is 1.72 bits per heavy atom. The molecule has 0 radical (unpaired) electrons. The van der Waals surface area contributed by atoms with Gasteiger partial charge in [-0.05, 0) is 75.3 Å². The first-order valence-corrected chi connectivity index (χ1v) is 9.06. The molecule has 8 heteroatoms. The van der Waals surface area contributed by atoms with Crippen LogP contribution in [0, 0.1) is 0 Å². The van der Waals surface area contributed by atoms with Crippen LogP contribution in [0.4, 0.5) is 0 Å². The van der Waals surface area contributed by atoms with Gasteiger partial charge in [-0.2, -0.15) is 0 Å². The molecule has 0 aliphatic rings. The van der Waals surface area contributed by atoms with Crippen LogP contribution in [0.15, 0.2) is 36.1 Å². The molecule has 0 amide bonds. The molecule has 18 heavy (non-hydrogen) atoms. The molecular weight excluding hydrogens is 632 g/mol. The largest absolute Gasteiger partial charge is 0.478 e. The van der Waals surface area contributed by atoms with Gasteiger partial charge in [-0.15, -0.1) is 0 Å². The summed E-state index contributed by atoms with van der Waals surface area (Å²) >= 11 is 19.9. The Hall–Kier alpha value is 1.31. The van der Waals surface area contributed by atoms with E-state index in [9.17, 15) is 9.90 Å². The Balaban J connectivity index is 3.51. The van der Waals surface area contributed by atoms with Crippen molar-refractivity contribution in [1.82, 2.24) is 0 Å². The standard InChI is InChI=1S/C10H4Br6O2/c11-5-3-1-2-4(7(5)12)10(15,16)6(8(13)14)9(17)18/h1-3H,(H,17,18). The van der Waals surface area contributed by atoms with Gasteiger partial charge in [-0.1, -0.05) is 44.0 Å². The van der Waals surface area contributed by atoms with Crippen LogP contribution < -0.4 is 0 Å². The number of carboxylic acids is 1. The van der Waals surface area contributed by atoms with Gasteiger partial charge in [0.1, 0.15) is 3.23 Å². The molecule has 0 spiro atoms. The zero-order valence-electron chi connectivity index (χ0n) is 8.36. The summed E-state index contributed by atoms with van der Waals surface area (Å²) in [5.41, 5.74) is 0.826. The van der Waals surface area contributed by atoms with Crippen LogP contribution in [0.25, 0.3) is 0 Å². The fourth-order valence-electron chi connectivity index (χ4n) is 1.21. The molecule has 0 atom stereocenters. The predicted octanol–water partition coefficient (Wildman–Crippen LogP) is 6.24. The molecule has 0 heterocycles. The monoisotopic (exact) mass is 630 g/mol. The fraction of sp³-hybridized carbons (Fsp3) is 0.100. The van der Waals surface area contributed by atoms with Gasteiger partial charge in [-0.3, -0.25) is 0 Å². The summed E-state index contributed by atoms with van der Waals surface area (Å²) in [5, 5.41) is 9.30. The van der Waals surface area contributed by atoms with Crippen molar-refractivity contribution in [3.8, 4) is 0 Å². The first-order chi connectivity index (χ1) is 8.19. The highest BCUT2D eigenvalue weighted by atomic mass is 79.9.